The number of nitrogens with zero attached hydrogens (tertiary/aromatic N) is 4. The highest BCUT2D eigenvalue weighted by atomic mass is 19.4. The van der Waals surface area contributed by atoms with Crippen LogP contribution in [0.1, 0.15) is 32.6 Å². The van der Waals surface area contributed by atoms with Gasteiger partial charge in [0.25, 0.3) is 0 Å². The Kier molecular flexibility index (Phi) is 5.94. The predicted molar refractivity (Wildman–Crippen MR) is 80.7 cm³/mol. The van der Waals surface area contributed by atoms with Crippen molar-refractivity contribution >= 4 is 6.09 Å². The van der Waals surface area contributed by atoms with E-state index in [0.717, 1.165) is 12.8 Å². The minimum absolute atomic E-state index is 0.0670. The van der Waals surface area contributed by atoms with Gasteiger partial charge in [-0.15, -0.1) is 0 Å². The summed E-state index contributed by atoms with van der Waals surface area (Å²) in [6.07, 6.45) is -2.21. The molecule has 0 aliphatic heterocycles. The first-order chi connectivity index (χ1) is 11.8. The molecule has 10 heteroatoms. The summed E-state index contributed by atoms with van der Waals surface area (Å²) in [5, 5.41) is 3.23. The number of alkyl halides is 3. The molecule has 0 aliphatic rings. The number of aromatic nitrogens is 3. The minimum atomic E-state index is -4.72. The Labute approximate surface area is 141 Å². The fraction of sp³-hybridized carbons (Fsp3) is 0.467. The van der Waals surface area contributed by atoms with E-state index in [0.29, 0.717) is 13.1 Å². The Hall–Kier alpha value is -2.65. The van der Waals surface area contributed by atoms with Gasteiger partial charge in [-0.25, -0.2) is 9.78 Å². The first kappa shape index (κ1) is 18.7. The average molecular weight is 358 g/mol. The molecule has 0 fully saturated rings. The predicted octanol–water partition coefficient (Wildman–Crippen LogP) is 3.77. The van der Waals surface area contributed by atoms with E-state index in [1.165, 1.54) is 18.3 Å². The lowest BCUT2D eigenvalue weighted by molar-refractivity contribution is -0.159. The third kappa shape index (κ3) is 4.91. The molecule has 2 heterocycles. The molecule has 0 saturated carbocycles. The van der Waals surface area contributed by atoms with Crippen molar-refractivity contribution in [3.8, 4) is 17.3 Å². The van der Waals surface area contributed by atoms with E-state index in [1.54, 1.807) is 4.90 Å². The van der Waals surface area contributed by atoms with Gasteiger partial charge in [0.05, 0.1) is 6.20 Å². The monoisotopic (exact) mass is 358 g/mol. The Morgan fingerprint density at radius 2 is 2.08 bits per heavy atom. The van der Waals surface area contributed by atoms with Crippen molar-refractivity contribution in [1.29, 1.82) is 0 Å². The van der Waals surface area contributed by atoms with Gasteiger partial charge in [-0.1, -0.05) is 18.5 Å². The summed E-state index contributed by atoms with van der Waals surface area (Å²) < 4.78 is 46.7. The van der Waals surface area contributed by atoms with Crippen molar-refractivity contribution in [3.05, 3.63) is 24.2 Å². The van der Waals surface area contributed by atoms with Crippen LogP contribution in [0.4, 0.5) is 18.0 Å². The van der Waals surface area contributed by atoms with Gasteiger partial charge < -0.3 is 14.2 Å². The molecular formula is C15H17F3N4O3. The summed E-state index contributed by atoms with van der Waals surface area (Å²) >= 11 is 0. The van der Waals surface area contributed by atoms with E-state index in [4.69, 9.17) is 4.74 Å². The van der Waals surface area contributed by atoms with Gasteiger partial charge in [0, 0.05) is 13.1 Å². The van der Waals surface area contributed by atoms with Crippen LogP contribution >= 0.6 is 0 Å². The summed E-state index contributed by atoms with van der Waals surface area (Å²) in [7, 11) is 0. The number of carbonyl (C=O) groups excluding carboxylic acids is 1. The first-order valence-electron chi connectivity index (χ1n) is 7.69. The lowest BCUT2D eigenvalue weighted by Gasteiger charge is -2.19. The number of ether oxygens (including phenoxy) is 1. The summed E-state index contributed by atoms with van der Waals surface area (Å²) in [6, 6.07) is 2.74. The number of rotatable bonds is 6. The number of hydrogen-bond acceptors (Lipinski definition) is 6. The molecule has 7 nitrogen and oxygen atoms in total. The van der Waals surface area contributed by atoms with E-state index in [1.807, 2.05) is 13.8 Å². The topological polar surface area (TPSA) is 81.4 Å². The summed E-state index contributed by atoms with van der Waals surface area (Å²) in [6.45, 7) is 4.95. The second-order valence-corrected chi connectivity index (χ2v) is 5.10. The summed E-state index contributed by atoms with van der Waals surface area (Å²) in [4.78, 5) is 20.7. The molecule has 0 bridgehead atoms. The maximum absolute atomic E-state index is 12.4. The number of unbranched alkanes of at least 4 members (excludes halogenated alkanes) is 1. The van der Waals surface area contributed by atoms with Crippen LogP contribution in [0.3, 0.4) is 0 Å². The highest BCUT2D eigenvalue weighted by molar-refractivity contribution is 5.70. The van der Waals surface area contributed by atoms with Gasteiger partial charge in [-0.2, -0.15) is 18.2 Å². The van der Waals surface area contributed by atoms with E-state index in [-0.39, 0.29) is 17.3 Å². The minimum Gasteiger partial charge on any atom is -0.409 e. The molecule has 2 aromatic rings. The molecule has 0 N–H and O–H groups in total. The van der Waals surface area contributed by atoms with E-state index in [9.17, 15) is 18.0 Å². The maximum Gasteiger partial charge on any atom is 0.471 e. The molecule has 136 valence electrons. The molecule has 0 atom stereocenters. The average Bonchev–Trinajstić information content (AvgIpc) is 3.06. The van der Waals surface area contributed by atoms with Crippen molar-refractivity contribution in [2.24, 2.45) is 0 Å². The fourth-order valence-corrected chi connectivity index (χ4v) is 1.91. The summed E-state index contributed by atoms with van der Waals surface area (Å²) in [5.41, 5.74) is 0.0670. The lowest BCUT2D eigenvalue weighted by atomic mass is 10.3. The van der Waals surface area contributed by atoms with Gasteiger partial charge in [0.15, 0.2) is 5.75 Å². The van der Waals surface area contributed by atoms with Crippen LogP contribution in [0, 0.1) is 0 Å². The number of carbonyl (C=O) groups is 1. The second-order valence-electron chi connectivity index (χ2n) is 5.10. The lowest BCUT2D eigenvalue weighted by Crippen LogP contribution is -2.34. The molecule has 0 saturated heterocycles. The molecular weight excluding hydrogens is 341 g/mol. The second kappa shape index (κ2) is 7.95. The van der Waals surface area contributed by atoms with Gasteiger partial charge in [-0.3, -0.25) is 0 Å². The zero-order valence-electron chi connectivity index (χ0n) is 13.7. The molecule has 0 aliphatic carbocycles. The van der Waals surface area contributed by atoms with Crippen LogP contribution in [0.5, 0.6) is 5.75 Å². The van der Waals surface area contributed by atoms with Crippen LogP contribution in [-0.4, -0.2) is 39.2 Å². The van der Waals surface area contributed by atoms with E-state index in [2.05, 4.69) is 19.6 Å². The van der Waals surface area contributed by atoms with Crippen molar-refractivity contribution in [2.75, 3.05) is 13.1 Å². The fourth-order valence-electron chi connectivity index (χ4n) is 1.91. The van der Waals surface area contributed by atoms with Crippen molar-refractivity contribution in [2.45, 2.75) is 32.9 Å². The highest BCUT2D eigenvalue weighted by Gasteiger charge is 2.38. The molecule has 0 unspecified atom stereocenters. The third-order valence-electron chi connectivity index (χ3n) is 3.26. The summed E-state index contributed by atoms with van der Waals surface area (Å²) in [5.74, 6) is -1.58. The molecule has 0 radical (unpaired) electrons. The maximum atomic E-state index is 12.4. The van der Waals surface area contributed by atoms with Crippen LogP contribution < -0.4 is 4.74 Å². The van der Waals surface area contributed by atoms with Crippen molar-refractivity contribution in [3.63, 3.8) is 0 Å². The molecule has 1 amide bonds. The number of hydrogen-bond donors (Lipinski definition) is 0. The first-order valence-corrected chi connectivity index (χ1v) is 7.69. The van der Waals surface area contributed by atoms with Gasteiger partial charge in [-0.05, 0) is 25.5 Å². The Morgan fingerprint density at radius 3 is 2.60 bits per heavy atom. The van der Waals surface area contributed by atoms with Gasteiger partial charge in [0.1, 0.15) is 5.69 Å². The number of halogens is 3. The zero-order valence-corrected chi connectivity index (χ0v) is 13.7. The van der Waals surface area contributed by atoms with Gasteiger partial charge in [0.2, 0.25) is 5.82 Å². The highest BCUT2D eigenvalue weighted by Crippen LogP contribution is 2.29. The number of pyridine rings is 1. The van der Waals surface area contributed by atoms with E-state index < -0.39 is 18.2 Å². The van der Waals surface area contributed by atoms with Crippen molar-refractivity contribution in [1.82, 2.24) is 20.0 Å². The molecule has 0 spiro atoms. The number of amides is 1. The third-order valence-corrected chi connectivity index (χ3v) is 3.26. The zero-order chi connectivity index (χ0) is 18.4. The SMILES string of the molecule is CCCCN(CC)C(=O)Oc1ccc(-c2noc(C(F)(F)F)n2)nc1. The quantitative estimate of drug-likeness (QED) is 0.782. The Bertz CT molecular complexity index is 701. The molecule has 2 aromatic heterocycles. The van der Waals surface area contributed by atoms with Crippen LogP contribution in [-0.2, 0) is 6.18 Å². The largest absolute Gasteiger partial charge is 0.471 e. The smallest absolute Gasteiger partial charge is 0.409 e. The molecule has 2 rings (SSSR count). The van der Waals surface area contributed by atoms with Crippen LogP contribution in [0.2, 0.25) is 0 Å². The van der Waals surface area contributed by atoms with Crippen LogP contribution in [0.15, 0.2) is 22.9 Å². The molecule has 25 heavy (non-hydrogen) atoms. The van der Waals surface area contributed by atoms with Crippen LogP contribution in [0.25, 0.3) is 11.5 Å². The Morgan fingerprint density at radius 1 is 1.32 bits per heavy atom. The Balaban J connectivity index is 2.04. The van der Waals surface area contributed by atoms with Crippen molar-refractivity contribution < 1.29 is 27.2 Å². The van der Waals surface area contributed by atoms with Gasteiger partial charge >= 0.3 is 18.2 Å². The normalized spacial score (nSPS) is 11.4. The molecule has 0 aromatic carbocycles. The standard InChI is InChI=1S/C15H17F3N4O3/c1-3-5-8-22(4-2)14(23)24-10-6-7-11(19-9-10)12-20-13(25-21-12)15(16,17)18/h6-7,9H,3-5,8H2,1-2H3. The van der Waals surface area contributed by atoms with E-state index >= 15 is 0 Å².